The predicted octanol–water partition coefficient (Wildman–Crippen LogP) is 6.28. The molecule has 0 amide bonds. The number of carboxylic acid groups (broad SMARTS) is 1. The van der Waals surface area contributed by atoms with Gasteiger partial charge in [0.25, 0.3) is 0 Å². The van der Waals surface area contributed by atoms with Crippen LogP contribution < -0.4 is 4.74 Å². The van der Waals surface area contributed by atoms with Crippen molar-refractivity contribution in [2.24, 2.45) is 0 Å². The van der Waals surface area contributed by atoms with E-state index in [2.05, 4.69) is 4.98 Å². The van der Waals surface area contributed by atoms with Gasteiger partial charge in [0.1, 0.15) is 5.75 Å². The molecule has 1 heterocycles. The summed E-state index contributed by atoms with van der Waals surface area (Å²) >= 11 is 13.7. The zero-order valence-corrected chi connectivity index (χ0v) is 19.4. The zero-order valence-electron chi connectivity index (χ0n) is 16.2. The lowest BCUT2D eigenvalue weighted by Crippen LogP contribution is -2.00. The highest BCUT2D eigenvalue weighted by molar-refractivity contribution is 8.00. The Balaban J connectivity index is 1.69. The van der Waals surface area contributed by atoms with Crippen molar-refractivity contribution in [1.82, 2.24) is 4.98 Å². The first-order valence-corrected chi connectivity index (χ1v) is 12.4. The standard InChI is InChI=1S/C22H15Cl2NO5S2/c23-17-9-14(31-12-21(26)27)10-18(24)22(17)30-13-6-7-19-16(8-13)20(11-25-19)32(28,29)15-4-2-1-3-5-15/h1-11,25H,12H2,(H,26,27). The third-order valence-electron chi connectivity index (χ3n) is 4.51. The number of sulfone groups is 1. The lowest BCUT2D eigenvalue weighted by Gasteiger charge is -2.12. The van der Waals surface area contributed by atoms with E-state index in [-0.39, 0.29) is 31.3 Å². The largest absolute Gasteiger partial charge is 0.481 e. The van der Waals surface area contributed by atoms with Crippen molar-refractivity contribution in [3.8, 4) is 11.5 Å². The molecule has 32 heavy (non-hydrogen) atoms. The number of carboxylic acids is 1. The minimum atomic E-state index is -3.74. The Morgan fingerprint density at radius 3 is 2.38 bits per heavy atom. The molecule has 10 heteroatoms. The Morgan fingerprint density at radius 2 is 1.72 bits per heavy atom. The molecule has 3 aromatic carbocycles. The van der Waals surface area contributed by atoms with Crippen LogP contribution in [0.4, 0.5) is 0 Å². The quantitative estimate of drug-likeness (QED) is 0.286. The molecule has 0 saturated heterocycles. The summed E-state index contributed by atoms with van der Waals surface area (Å²) in [5.41, 5.74) is 0.629. The van der Waals surface area contributed by atoms with E-state index in [1.165, 1.54) is 18.3 Å². The fourth-order valence-electron chi connectivity index (χ4n) is 3.07. The SMILES string of the molecule is O=C(O)CSc1cc(Cl)c(Oc2ccc3[nH]cc(S(=O)(=O)c4ccccc4)c3c2)c(Cl)c1. The summed E-state index contributed by atoms with van der Waals surface area (Å²) in [5, 5.41) is 9.70. The molecule has 0 aliphatic heterocycles. The van der Waals surface area contributed by atoms with Crippen LogP contribution in [0.1, 0.15) is 0 Å². The molecule has 0 aliphatic rings. The van der Waals surface area contributed by atoms with Crippen molar-refractivity contribution in [1.29, 1.82) is 0 Å². The molecule has 4 rings (SSSR count). The van der Waals surface area contributed by atoms with Crippen molar-refractivity contribution >= 4 is 61.7 Å². The molecule has 2 N–H and O–H groups in total. The number of carbonyl (C=O) groups is 1. The van der Waals surface area contributed by atoms with Crippen molar-refractivity contribution in [2.45, 2.75) is 14.7 Å². The van der Waals surface area contributed by atoms with Gasteiger partial charge in [0.05, 0.1) is 25.6 Å². The number of benzene rings is 3. The zero-order chi connectivity index (χ0) is 22.9. The third-order valence-corrected chi connectivity index (χ3v) is 7.84. The molecule has 0 fully saturated rings. The molecule has 0 atom stereocenters. The fraction of sp³-hybridized carbons (Fsp3) is 0.0455. The number of aromatic amines is 1. The molecule has 1 aromatic heterocycles. The Kier molecular flexibility index (Phi) is 6.39. The Labute approximate surface area is 198 Å². The molecular weight excluding hydrogens is 493 g/mol. The van der Waals surface area contributed by atoms with Gasteiger partial charge >= 0.3 is 5.97 Å². The second kappa shape index (κ2) is 9.07. The third kappa shape index (κ3) is 4.59. The number of hydrogen-bond acceptors (Lipinski definition) is 5. The second-order valence-electron chi connectivity index (χ2n) is 6.68. The highest BCUT2D eigenvalue weighted by Crippen LogP contribution is 2.41. The highest BCUT2D eigenvalue weighted by atomic mass is 35.5. The minimum Gasteiger partial charge on any atom is -0.481 e. The molecule has 164 valence electrons. The van der Waals surface area contributed by atoms with Gasteiger partial charge in [0, 0.05) is 22.0 Å². The van der Waals surface area contributed by atoms with Gasteiger partial charge in [-0.25, -0.2) is 8.42 Å². The van der Waals surface area contributed by atoms with E-state index in [0.717, 1.165) is 11.8 Å². The topological polar surface area (TPSA) is 96.5 Å². The fourth-order valence-corrected chi connectivity index (χ4v) is 5.89. The predicted molar refractivity (Wildman–Crippen MR) is 125 cm³/mol. The van der Waals surface area contributed by atoms with Crippen LogP contribution in [0.5, 0.6) is 11.5 Å². The lowest BCUT2D eigenvalue weighted by atomic mass is 10.2. The first kappa shape index (κ1) is 22.5. The first-order chi connectivity index (χ1) is 15.3. The maximum absolute atomic E-state index is 13.1. The maximum atomic E-state index is 13.1. The van der Waals surface area contributed by atoms with Crippen LogP contribution >= 0.6 is 35.0 Å². The summed E-state index contributed by atoms with van der Waals surface area (Å²) in [6.07, 6.45) is 1.45. The number of thioether (sulfide) groups is 1. The molecule has 0 spiro atoms. The van der Waals surface area contributed by atoms with E-state index in [4.69, 9.17) is 33.0 Å². The number of aliphatic carboxylic acids is 1. The molecule has 0 bridgehead atoms. The summed E-state index contributed by atoms with van der Waals surface area (Å²) in [7, 11) is -3.74. The molecule has 0 aliphatic carbocycles. The van der Waals surface area contributed by atoms with Gasteiger partial charge in [-0.05, 0) is 42.5 Å². The number of nitrogens with one attached hydrogen (secondary N) is 1. The number of fused-ring (bicyclic) bond motifs is 1. The van der Waals surface area contributed by atoms with Gasteiger partial charge in [-0.1, -0.05) is 41.4 Å². The Bertz CT molecular complexity index is 1400. The van der Waals surface area contributed by atoms with Crippen LogP contribution in [0.2, 0.25) is 10.0 Å². The first-order valence-electron chi connectivity index (χ1n) is 9.18. The second-order valence-corrected chi connectivity index (χ2v) is 10.5. The van der Waals surface area contributed by atoms with Crippen LogP contribution in [-0.4, -0.2) is 30.2 Å². The number of aromatic nitrogens is 1. The van der Waals surface area contributed by atoms with Crippen molar-refractivity contribution in [3.63, 3.8) is 0 Å². The van der Waals surface area contributed by atoms with E-state index in [1.54, 1.807) is 48.5 Å². The Morgan fingerprint density at radius 1 is 1.03 bits per heavy atom. The molecule has 0 unspecified atom stereocenters. The van der Waals surface area contributed by atoms with Crippen LogP contribution in [0, 0.1) is 0 Å². The average Bonchev–Trinajstić information content (AvgIpc) is 3.19. The summed E-state index contributed by atoms with van der Waals surface area (Å²) in [6.45, 7) is 0. The average molecular weight is 508 g/mol. The van der Waals surface area contributed by atoms with Crippen molar-refractivity contribution in [2.75, 3.05) is 5.75 Å². The highest BCUT2D eigenvalue weighted by Gasteiger charge is 2.22. The van der Waals surface area contributed by atoms with Crippen LogP contribution in [0.25, 0.3) is 10.9 Å². The summed E-state index contributed by atoms with van der Waals surface area (Å²) in [6, 6.07) is 16.3. The van der Waals surface area contributed by atoms with E-state index < -0.39 is 15.8 Å². The molecule has 0 radical (unpaired) electrons. The number of ether oxygens (including phenoxy) is 1. The summed E-state index contributed by atoms with van der Waals surface area (Å²) in [4.78, 5) is 14.6. The smallest absolute Gasteiger partial charge is 0.313 e. The van der Waals surface area contributed by atoms with E-state index in [9.17, 15) is 13.2 Å². The van der Waals surface area contributed by atoms with Gasteiger partial charge in [0.15, 0.2) is 5.75 Å². The summed E-state index contributed by atoms with van der Waals surface area (Å²) in [5.74, 6) is -0.550. The van der Waals surface area contributed by atoms with Crippen LogP contribution in [0.3, 0.4) is 0 Å². The van der Waals surface area contributed by atoms with E-state index in [0.29, 0.717) is 21.5 Å². The van der Waals surface area contributed by atoms with E-state index in [1.807, 2.05) is 0 Å². The number of halogens is 2. The van der Waals surface area contributed by atoms with Gasteiger partial charge in [-0.15, -0.1) is 11.8 Å². The van der Waals surface area contributed by atoms with Gasteiger partial charge in [-0.3, -0.25) is 4.79 Å². The lowest BCUT2D eigenvalue weighted by molar-refractivity contribution is -0.133. The van der Waals surface area contributed by atoms with E-state index >= 15 is 0 Å². The molecule has 4 aromatic rings. The van der Waals surface area contributed by atoms with Crippen LogP contribution in [0.15, 0.2) is 81.5 Å². The molecular formula is C22H15Cl2NO5S2. The number of H-pyrrole nitrogens is 1. The van der Waals surface area contributed by atoms with Crippen LogP contribution in [-0.2, 0) is 14.6 Å². The molecule has 6 nitrogen and oxygen atoms in total. The molecule has 0 saturated carbocycles. The normalized spacial score (nSPS) is 11.6. The van der Waals surface area contributed by atoms with Crippen molar-refractivity contribution in [3.05, 3.63) is 76.9 Å². The Hall–Kier alpha value is -2.65. The number of hydrogen-bond donors (Lipinski definition) is 2. The van der Waals surface area contributed by atoms with Gasteiger partial charge in [-0.2, -0.15) is 0 Å². The van der Waals surface area contributed by atoms with Gasteiger partial charge in [0.2, 0.25) is 9.84 Å². The maximum Gasteiger partial charge on any atom is 0.313 e. The van der Waals surface area contributed by atoms with Crippen molar-refractivity contribution < 1.29 is 23.1 Å². The van der Waals surface area contributed by atoms with Gasteiger partial charge < -0.3 is 14.8 Å². The number of rotatable bonds is 7. The summed E-state index contributed by atoms with van der Waals surface area (Å²) < 4.78 is 32.0. The minimum absolute atomic E-state index is 0.127. The monoisotopic (exact) mass is 507 g/mol.